The van der Waals surface area contributed by atoms with E-state index in [0.29, 0.717) is 6.04 Å². The molecule has 1 aromatic carbocycles. The molecule has 2 aromatic rings. The minimum atomic E-state index is 0.467. The van der Waals surface area contributed by atoms with Crippen LogP contribution in [-0.2, 0) is 6.42 Å². The molecule has 0 aliphatic heterocycles. The second-order valence-electron chi connectivity index (χ2n) is 4.35. The number of rotatable bonds is 6. The van der Waals surface area contributed by atoms with Crippen molar-refractivity contribution >= 4 is 27.3 Å². The first-order chi connectivity index (χ1) is 8.79. The minimum absolute atomic E-state index is 0.467. The van der Waals surface area contributed by atoms with Gasteiger partial charge < -0.3 is 5.32 Å². The third-order valence-corrected chi connectivity index (χ3v) is 4.78. The van der Waals surface area contributed by atoms with Crippen molar-refractivity contribution in [2.24, 2.45) is 0 Å². The van der Waals surface area contributed by atoms with Crippen molar-refractivity contribution in [1.29, 1.82) is 0 Å². The van der Waals surface area contributed by atoms with E-state index in [1.165, 1.54) is 33.5 Å². The first kappa shape index (κ1) is 13.8. The van der Waals surface area contributed by atoms with Gasteiger partial charge in [0.25, 0.3) is 0 Å². The molecule has 0 saturated heterocycles. The fourth-order valence-corrected chi connectivity index (χ4v) is 3.65. The van der Waals surface area contributed by atoms with Gasteiger partial charge in [0.2, 0.25) is 0 Å². The van der Waals surface area contributed by atoms with E-state index in [9.17, 15) is 0 Å². The molecule has 0 aliphatic carbocycles. The molecule has 0 saturated carbocycles. The number of thiophene rings is 1. The smallest absolute Gasteiger partial charge is 0.0701 e. The van der Waals surface area contributed by atoms with Crippen molar-refractivity contribution in [2.45, 2.75) is 25.3 Å². The van der Waals surface area contributed by atoms with E-state index in [2.05, 4.69) is 63.7 Å². The van der Waals surface area contributed by atoms with Crippen LogP contribution in [0.4, 0.5) is 0 Å². The summed E-state index contributed by atoms with van der Waals surface area (Å²) >= 11 is 5.35. The van der Waals surface area contributed by atoms with Gasteiger partial charge in [-0.25, -0.2) is 0 Å². The monoisotopic (exact) mass is 323 g/mol. The summed E-state index contributed by atoms with van der Waals surface area (Å²) in [6, 6.07) is 15.5. The van der Waals surface area contributed by atoms with Crippen molar-refractivity contribution in [1.82, 2.24) is 5.32 Å². The molecule has 1 nitrogen and oxygen atoms in total. The average Bonchev–Trinajstić information content (AvgIpc) is 2.81. The van der Waals surface area contributed by atoms with Gasteiger partial charge in [-0.15, -0.1) is 11.3 Å². The summed E-state index contributed by atoms with van der Waals surface area (Å²) in [6.45, 7) is 0. The Labute approximate surface area is 121 Å². The van der Waals surface area contributed by atoms with Gasteiger partial charge in [0, 0.05) is 10.9 Å². The lowest BCUT2D eigenvalue weighted by atomic mass is 10.0. The highest BCUT2D eigenvalue weighted by atomic mass is 79.9. The lowest BCUT2D eigenvalue weighted by Gasteiger charge is -2.16. The Kier molecular flexibility index (Phi) is 5.42. The molecule has 1 N–H and O–H groups in total. The topological polar surface area (TPSA) is 12.0 Å². The summed E-state index contributed by atoms with van der Waals surface area (Å²) in [6.07, 6.45) is 3.56. The van der Waals surface area contributed by atoms with Gasteiger partial charge in [-0.05, 0) is 59.9 Å². The van der Waals surface area contributed by atoms with Gasteiger partial charge >= 0.3 is 0 Å². The molecule has 0 radical (unpaired) electrons. The van der Waals surface area contributed by atoms with E-state index < -0.39 is 0 Å². The molecule has 0 amide bonds. The van der Waals surface area contributed by atoms with E-state index in [4.69, 9.17) is 0 Å². The predicted molar refractivity (Wildman–Crippen MR) is 83.2 cm³/mol. The maximum Gasteiger partial charge on any atom is 0.0701 e. The number of halogens is 1. The molecular weight excluding hydrogens is 306 g/mol. The van der Waals surface area contributed by atoms with Crippen LogP contribution in [-0.4, -0.2) is 7.05 Å². The Morgan fingerprint density at radius 1 is 1.17 bits per heavy atom. The molecule has 0 bridgehead atoms. The van der Waals surface area contributed by atoms with Crippen LogP contribution in [0.5, 0.6) is 0 Å². The van der Waals surface area contributed by atoms with Gasteiger partial charge in [-0.3, -0.25) is 0 Å². The Morgan fingerprint density at radius 3 is 2.56 bits per heavy atom. The lowest BCUT2D eigenvalue weighted by Crippen LogP contribution is -2.16. The summed E-state index contributed by atoms with van der Waals surface area (Å²) in [7, 11) is 2.04. The van der Waals surface area contributed by atoms with E-state index >= 15 is 0 Å². The first-order valence-electron chi connectivity index (χ1n) is 6.26. The number of aryl methyl sites for hydroxylation is 1. The zero-order valence-electron chi connectivity index (χ0n) is 10.5. The fourth-order valence-electron chi connectivity index (χ4n) is 2.13. The number of benzene rings is 1. The van der Waals surface area contributed by atoms with Crippen LogP contribution in [0.2, 0.25) is 0 Å². The van der Waals surface area contributed by atoms with Crippen LogP contribution < -0.4 is 5.32 Å². The molecule has 0 spiro atoms. The molecule has 0 aliphatic rings. The van der Waals surface area contributed by atoms with Gasteiger partial charge in [-0.2, -0.15) is 0 Å². The molecular formula is C15H18BrNS. The second kappa shape index (κ2) is 7.07. The molecule has 18 heavy (non-hydrogen) atoms. The molecule has 1 heterocycles. The summed E-state index contributed by atoms with van der Waals surface area (Å²) in [5.74, 6) is 0. The van der Waals surface area contributed by atoms with Gasteiger partial charge in [0.1, 0.15) is 0 Å². The maximum atomic E-state index is 3.51. The van der Waals surface area contributed by atoms with Crippen LogP contribution in [0, 0.1) is 0 Å². The van der Waals surface area contributed by atoms with Crippen molar-refractivity contribution in [3.63, 3.8) is 0 Å². The molecule has 1 atom stereocenters. The van der Waals surface area contributed by atoms with Gasteiger partial charge in [0.05, 0.1) is 3.79 Å². The molecule has 2 rings (SSSR count). The van der Waals surface area contributed by atoms with Crippen molar-refractivity contribution in [2.75, 3.05) is 7.05 Å². The van der Waals surface area contributed by atoms with E-state index in [1.807, 2.05) is 18.4 Å². The highest BCUT2D eigenvalue weighted by Gasteiger charge is 2.08. The molecule has 1 aromatic heterocycles. The Morgan fingerprint density at radius 2 is 1.94 bits per heavy atom. The quantitative estimate of drug-likeness (QED) is 0.805. The normalized spacial score (nSPS) is 12.6. The lowest BCUT2D eigenvalue weighted by molar-refractivity contribution is 0.528. The summed E-state index contributed by atoms with van der Waals surface area (Å²) in [5, 5.41) is 3.40. The molecule has 96 valence electrons. The largest absolute Gasteiger partial charge is 0.313 e. The first-order valence-corrected chi connectivity index (χ1v) is 7.87. The van der Waals surface area contributed by atoms with E-state index in [0.717, 1.165) is 0 Å². The van der Waals surface area contributed by atoms with Crippen molar-refractivity contribution in [3.8, 4) is 0 Å². The Balaban J connectivity index is 1.84. The minimum Gasteiger partial charge on any atom is -0.313 e. The summed E-state index contributed by atoms with van der Waals surface area (Å²) in [5.41, 5.74) is 1.38. The van der Waals surface area contributed by atoms with Crippen LogP contribution >= 0.6 is 27.3 Å². The van der Waals surface area contributed by atoms with Crippen LogP contribution in [0.3, 0.4) is 0 Å². The van der Waals surface area contributed by atoms with Crippen LogP contribution in [0.1, 0.15) is 29.3 Å². The third-order valence-electron chi connectivity index (χ3n) is 3.10. The summed E-state index contributed by atoms with van der Waals surface area (Å²) in [4.78, 5) is 1.46. The van der Waals surface area contributed by atoms with Crippen molar-refractivity contribution in [3.05, 3.63) is 56.7 Å². The van der Waals surface area contributed by atoms with Crippen LogP contribution in [0.15, 0.2) is 46.3 Å². The standard InChI is InChI=1S/C15H18BrNS/c1-17-14(12-6-3-2-4-7-12)9-5-8-13-10-11-15(16)18-13/h2-4,6-7,10-11,14,17H,5,8-9H2,1H3. The molecule has 1 unspecified atom stereocenters. The van der Waals surface area contributed by atoms with E-state index in [-0.39, 0.29) is 0 Å². The van der Waals surface area contributed by atoms with Crippen molar-refractivity contribution < 1.29 is 0 Å². The van der Waals surface area contributed by atoms with Gasteiger partial charge in [0.15, 0.2) is 0 Å². The average molecular weight is 324 g/mol. The number of hydrogen-bond acceptors (Lipinski definition) is 2. The Hall–Kier alpha value is -0.640. The SMILES string of the molecule is CNC(CCCc1ccc(Br)s1)c1ccccc1. The fraction of sp³-hybridized carbons (Fsp3) is 0.333. The number of nitrogens with one attached hydrogen (secondary N) is 1. The highest BCUT2D eigenvalue weighted by molar-refractivity contribution is 9.11. The third kappa shape index (κ3) is 3.94. The zero-order valence-corrected chi connectivity index (χ0v) is 12.9. The maximum absolute atomic E-state index is 3.51. The second-order valence-corrected chi connectivity index (χ2v) is 6.90. The van der Waals surface area contributed by atoms with Crippen LogP contribution in [0.25, 0.3) is 0 Å². The van der Waals surface area contributed by atoms with E-state index in [1.54, 1.807) is 0 Å². The zero-order chi connectivity index (χ0) is 12.8. The molecule has 0 fully saturated rings. The summed E-state index contributed by atoms with van der Waals surface area (Å²) < 4.78 is 1.23. The molecule has 3 heteroatoms. The van der Waals surface area contributed by atoms with Gasteiger partial charge in [-0.1, -0.05) is 30.3 Å². The number of hydrogen-bond donors (Lipinski definition) is 1. The Bertz CT molecular complexity index is 466. The highest BCUT2D eigenvalue weighted by Crippen LogP contribution is 2.25. The predicted octanol–water partition coefficient (Wildman–Crippen LogP) is 4.79.